The Kier molecular flexibility index (Phi) is 6.07. The molecular formula is C20H18F3NO4S. The molecule has 9 heteroatoms. The maximum Gasteiger partial charge on any atom is 0.416 e. The number of hydrogen-bond donors (Lipinski definition) is 0. The van der Waals surface area contributed by atoms with E-state index in [1.807, 2.05) is 0 Å². The van der Waals surface area contributed by atoms with Gasteiger partial charge in [0.15, 0.2) is 0 Å². The molecule has 0 spiro atoms. The molecule has 5 nitrogen and oxygen atoms in total. The smallest absolute Gasteiger partial charge is 0.416 e. The van der Waals surface area contributed by atoms with E-state index in [1.165, 1.54) is 43.0 Å². The van der Waals surface area contributed by atoms with Gasteiger partial charge in [0, 0.05) is 11.3 Å². The van der Waals surface area contributed by atoms with Crippen molar-refractivity contribution in [3.63, 3.8) is 0 Å². The number of benzene rings is 2. The van der Waals surface area contributed by atoms with Crippen LogP contribution in [0.25, 0.3) is 0 Å². The average molecular weight is 425 g/mol. The van der Waals surface area contributed by atoms with Gasteiger partial charge in [-0.25, -0.2) is 4.79 Å². The maximum absolute atomic E-state index is 13.2. The lowest BCUT2D eigenvalue weighted by molar-refractivity contribution is -0.145. The lowest BCUT2D eigenvalue weighted by Crippen LogP contribution is -2.43. The maximum atomic E-state index is 13.2. The van der Waals surface area contributed by atoms with Crippen LogP contribution in [0, 0.1) is 0 Å². The van der Waals surface area contributed by atoms with E-state index < -0.39 is 35.0 Å². The molecule has 1 saturated heterocycles. The molecule has 3 rings (SSSR count). The van der Waals surface area contributed by atoms with Crippen LogP contribution in [0.5, 0.6) is 5.75 Å². The monoisotopic (exact) mass is 425 g/mol. The standard InChI is InChI=1S/C20H18F3NO4S/c1-27-15-5-3-4-13(10-15)17(25)24-16(19(26)28-2)11-29-18(24)12-6-8-14(9-7-12)20(21,22)23/h3-10,16,18H,11H2,1-2H3. The summed E-state index contributed by atoms with van der Waals surface area (Å²) >= 11 is 1.29. The normalized spacial score (nSPS) is 19.1. The molecular weight excluding hydrogens is 407 g/mol. The molecule has 2 unspecified atom stereocenters. The first-order valence-corrected chi connectivity index (χ1v) is 9.64. The minimum Gasteiger partial charge on any atom is -0.497 e. The van der Waals surface area contributed by atoms with E-state index in [1.54, 1.807) is 24.3 Å². The Hall–Kier alpha value is -2.68. The van der Waals surface area contributed by atoms with Crippen LogP contribution in [0.4, 0.5) is 13.2 Å². The summed E-state index contributed by atoms with van der Waals surface area (Å²) in [7, 11) is 2.70. The molecule has 0 aliphatic carbocycles. The van der Waals surface area contributed by atoms with Gasteiger partial charge in [0.2, 0.25) is 0 Å². The van der Waals surface area contributed by atoms with Crippen molar-refractivity contribution in [2.75, 3.05) is 20.0 Å². The molecule has 2 aromatic carbocycles. The summed E-state index contributed by atoms with van der Waals surface area (Å²) in [6.45, 7) is 0. The molecule has 0 saturated carbocycles. The molecule has 1 heterocycles. The van der Waals surface area contributed by atoms with E-state index in [2.05, 4.69) is 0 Å². The molecule has 0 bridgehead atoms. The summed E-state index contributed by atoms with van der Waals surface area (Å²) < 4.78 is 48.6. The highest BCUT2D eigenvalue weighted by molar-refractivity contribution is 7.99. The number of ether oxygens (including phenoxy) is 2. The summed E-state index contributed by atoms with van der Waals surface area (Å²) in [6, 6.07) is 10.2. The highest BCUT2D eigenvalue weighted by Crippen LogP contribution is 2.43. The minimum absolute atomic E-state index is 0.272. The van der Waals surface area contributed by atoms with Gasteiger partial charge in [0.25, 0.3) is 5.91 Å². The first-order chi connectivity index (χ1) is 13.8. The Balaban J connectivity index is 1.97. The van der Waals surface area contributed by atoms with Crippen LogP contribution in [0.15, 0.2) is 48.5 Å². The Morgan fingerprint density at radius 1 is 1.10 bits per heavy atom. The Morgan fingerprint density at radius 2 is 1.79 bits per heavy atom. The van der Waals surface area contributed by atoms with Gasteiger partial charge in [0.1, 0.15) is 17.2 Å². The zero-order valence-corrected chi connectivity index (χ0v) is 16.4. The van der Waals surface area contributed by atoms with Crippen molar-refractivity contribution in [2.24, 2.45) is 0 Å². The van der Waals surface area contributed by atoms with Crippen molar-refractivity contribution in [3.8, 4) is 5.75 Å². The highest BCUT2D eigenvalue weighted by atomic mass is 32.2. The lowest BCUT2D eigenvalue weighted by Gasteiger charge is -2.28. The molecule has 29 heavy (non-hydrogen) atoms. The number of carbonyl (C=O) groups excluding carboxylic acids is 2. The van der Waals surface area contributed by atoms with Gasteiger partial charge >= 0.3 is 12.1 Å². The van der Waals surface area contributed by atoms with Gasteiger partial charge in [-0.1, -0.05) is 18.2 Å². The van der Waals surface area contributed by atoms with Crippen molar-refractivity contribution in [3.05, 3.63) is 65.2 Å². The van der Waals surface area contributed by atoms with Gasteiger partial charge in [-0.2, -0.15) is 13.2 Å². The SMILES string of the molecule is COC(=O)C1CSC(c2ccc(C(F)(F)F)cc2)N1C(=O)c1cccc(OC)c1. The topological polar surface area (TPSA) is 55.8 Å². The van der Waals surface area contributed by atoms with Crippen LogP contribution in [0.2, 0.25) is 0 Å². The number of halogens is 3. The molecule has 2 aromatic rings. The predicted molar refractivity (Wildman–Crippen MR) is 102 cm³/mol. The summed E-state index contributed by atoms with van der Waals surface area (Å²) in [5, 5.41) is -0.625. The first-order valence-electron chi connectivity index (χ1n) is 8.59. The third-order valence-electron chi connectivity index (χ3n) is 4.55. The van der Waals surface area contributed by atoms with E-state index in [9.17, 15) is 22.8 Å². The van der Waals surface area contributed by atoms with Crippen molar-refractivity contribution < 1.29 is 32.2 Å². The Morgan fingerprint density at radius 3 is 2.38 bits per heavy atom. The van der Waals surface area contributed by atoms with Gasteiger partial charge in [-0.15, -0.1) is 11.8 Å². The van der Waals surface area contributed by atoms with Crippen molar-refractivity contribution in [2.45, 2.75) is 17.6 Å². The summed E-state index contributed by atoms with van der Waals surface area (Å²) in [5.41, 5.74) is 0.0164. The number of esters is 1. The molecule has 0 radical (unpaired) electrons. The number of hydrogen-bond acceptors (Lipinski definition) is 5. The van der Waals surface area contributed by atoms with Gasteiger partial charge in [-0.3, -0.25) is 4.79 Å². The van der Waals surface area contributed by atoms with Crippen molar-refractivity contribution in [1.29, 1.82) is 0 Å². The molecule has 154 valence electrons. The number of rotatable bonds is 4. The van der Waals surface area contributed by atoms with Gasteiger partial charge in [0.05, 0.1) is 19.8 Å². The number of alkyl halides is 3. The molecule has 2 atom stereocenters. The number of amides is 1. The Bertz CT molecular complexity index is 901. The number of nitrogens with zero attached hydrogens (tertiary/aromatic N) is 1. The fourth-order valence-electron chi connectivity index (χ4n) is 3.07. The molecule has 0 N–H and O–H groups in total. The van der Waals surface area contributed by atoms with E-state index in [4.69, 9.17) is 9.47 Å². The first kappa shape index (κ1) is 21.0. The van der Waals surface area contributed by atoms with E-state index >= 15 is 0 Å². The van der Waals surface area contributed by atoms with E-state index in [0.717, 1.165) is 12.1 Å². The predicted octanol–water partition coefficient (Wildman–Crippen LogP) is 4.14. The zero-order chi connectivity index (χ0) is 21.2. The second-order valence-corrected chi connectivity index (χ2v) is 7.40. The zero-order valence-electron chi connectivity index (χ0n) is 15.6. The molecule has 1 aliphatic rings. The number of carbonyl (C=O) groups is 2. The van der Waals surface area contributed by atoms with Gasteiger partial charge in [-0.05, 0) is 35.9 Å². The molecule has 0 aromatic heterocycles. The summed E-state index contributed by atoms with van der Waals surface area (Å²) in [5.74, 6) is -0.269. The Labute approximate surface area is 169 Å². The average Bonchev–Trinajstić information content (AvgIpc) is 3.17. The number of methoxy groups -OCH3 is 2. The molecule has 1 amide bonds. The second kappa shape index (κ2) is 8.36. The fourth-order valence-corrected chi connectivity index (χ4v) is 4.48. The van der Waals surface area contributed by atoms with Gasteiger partial charge < -0.3 is 14.4 Å². The molecule has 1 fully saturated rings. The fraction of sp³-hybridized carbons (Fsp3) is 0.300. The minimum atomic E-state index is -4.45. The summed E-state index contributed by atoms with van der Waals surface area (Å²) in [4.78, 5) is 26.8. The van der Waals surface area contributed by atoms with Crippen LogP contribution >= 0.6 is 11.8 Å². The lowest BCUT2D eigenvalue weighted by atomic mass is 10.1. The second-order valence-electron chi connectivity index (χ2n) is 6.29. The van der Waals surface area contributed by atoms with E-state index in [0.29, 0.717) is 16.9 Å². The van der Waals surface area contributed by atoms with Crippen LogP contribution in [0.3, 0.4) is 0 Å². The molecule has 1 aliphatic heterocycles. The highest BCUT2D eigenvalue weighted by Gasteiger charge is 2.43. The van der Waals surface area contributed by atoms with Crippen LogP contribution in [0.1, 0.15) is 26.9 Å². The van der Waals surface area contributed by atoms with Crippen LogP contribution in [-0.2, 0) is 15.7 Å². The summed E-state index contributed by atoms with van der Waals surface area (Å²) in [6.07, 6.45) is -4.45. The van der Waals surface area contributed by atoms with Crippen molar-refractivity contribution in [1.82, 2.24) is 4.90 Å². The quantitative estimate of drug-likeness (QED) is 0.689. The third kappa shape index (κ3) is 4.34. The third-order valence-corrected chi connectivity index (χ3v) is 5.87. The number of thioether (sulfide) groups is 1. The largest absolute Gasteiger partial charge is 0.497 e. The van der Waals surface area contributed by atoms with Crippen molar-refractivity contribution >= 4 is 23.6 Å². The van der Waals surface area contributed by atoms with Crippen LogP contribution < -0.4 is 4.74 Å². The van der Waals surface area contributed by atoms with Crippen LogP contribution in [-0.4, -0.2) is 42.8 Å². The van der Waals surface area contributed by atoms with E-state index in [-0.39, 0.29) is 5.75 Å².